The molecular weight excluding hydrogens is 436 g/mol. The maximum absolute atomic E-state index is 13.5. The number of benzene rings is 1. The number of aliphatic hydroxyl groups is 2. The number of fused-ring (bicyclic) bond motifs is 3. The van der Waals surface area contributed by atoms with Crippen LogP contribution in [0.5, 0.6) is 5.75 Å². The Morgan fingerprint density at radius 1 is 1.12 bits per heavy atom. The van der Waals surface area contributed by atoms with Crippen LogP contribution < -0.4 is 11.1 Å². The Bertz CT molecular complexity index is 1170. The highest BCUT2D eigenvalue weighted by atomic mass is 16.3. The zero-order valence-corrected chi connectivity index (χ0v) is 17.7. The number of amides is 2. The van der Waals surface area contributed by atoms with Gasteiger partial charge in [-0.3, -0.25) is 28.8 Å². The zero-order chi connectivity index (χ0) is 24.6. The number of primary amides is 1. The molecule has 11 heteroatoms. The molecule has 11 nitrogen and oxygen atoms in total. The Morgan fingerprint density at radius 3 is 2.33 bits per heavy atom. The Kier molecular flexibility index (Phi) is 4.84. The van der Waals surface area contributed by atoms with Crippen LogP contribution in [0, 0.1) is 23.7 Å². The van der Waals surface area contributed by atoms with Gasteiger partial charge in [-0.1, -0.05) is 0 Å². The molecule has 0 aromatic heterocycles. The molecule has 4 rings (SSSR count). The summed E-state index contributed by atoms with van der Waals surface area (Å²) >= 11 is 0. The zero-order valence-electron chi connectivity index (χ0n) is 17.7. The van der Waals surface area contributed by atoms with E-state index < -0.39 is 87.6 Å². The van der Waals surface area contributed by atoms with Gasteiger partial charge in [0.1, 0.15) is 5.75 Å². The normalized spacial score (nSPS) is 35.4. The van der Waals surface area contributed by atoms with Crippen LogP contribution in [0.1, 0.15) is 42.6 Å². The Labute approximate surface area is 186 Å². The first kappa shape index (κ1) is 22.7. The van der Waals surface area contributed by atoms with Crippen LogP contribution >= 0.6 is 0 Å². The van der Waals surface area contributed by atoms with Gasteiger partial charge in [0.25, 0.3) is 0 Å². The number of Topliss-reactive ketones (excluding diaryl/α,β-unsaturated/α-hetero) is 4. The molecule has 174 valence electrons. The Morgan fingerprint density at radius 2 is 1.76 bits per heavy atom. The summed E-state index contributed by atoms with van der Waals surface area (Å²) in [5.74, 6) is -13.1. The molecule has 33 heavy (non-hydrogen) atoms. The fraction of sp³-hybridized carbons (Fsp3) is 0.455. The molecule has 0 heterocycles. The lowest BCUT2D eigenvalue weighted by Crippen LogP contribution is -2.70. The van der Waals surface area contributed by atoms with Crippen molar-refractivity contribution in [2.45, 2.75) is 37.9 Å². The Hall–Kier alpha value is -3.44. The quantitative estimate of drug-likeness (QED) is 0.271. The number of ketones is 4. The molecule has 6 N–H and O–H groups in total. The van der Waals surface area contributed by atoms with Gasteiger partial charge in [-0.05, 0) is 25.5 Å². The third-order valence-electron chi connectivity index (χ3n) is 7.13. The molecule has 0 aliphatic heterocycles. The standard InChI is InChI=1S/C22H22N2O9/c1-7(25)24-10-3-4-11(26)14-16(10)21(2,32)9-5-8-6-12(27)15(20(23)31)19(30)22(8,33)18(29)13(9)17(14)28/h3-4,8-9,13,15,26,32-33H,5-6H2,1-2H3,(H2,23,31)(H,24,25)/t8-,9-,13?,15?,21+,22-/m0/s1. The van der Waals surface area contributed by atoms with Crippen LogP contribution in [0.3, 0.4) is 0 Å². The van der Waals surface area contributed by atoms with Crippen molar-refractivity contribution in [3.63, 3.8) is 0 Å². The Balaban J connectivity index is 1.91. The van der Waals surface area contributed by atoms with Gasteiger partial charge in [0.2, 0.25) is 11.8 Å². The SMILES string of the molecule is CC(=O)Nc1ccc(O)c2c1[C@](C)(O)[C@H]1C[C@H]3CC(=O)C(C(N)=O)C(=O)[C@@]3(O)C(=O)C1C2=O. The van der Waals surface area contributed by atoms with Crippen molar-refractivity contribution in [2.24, 2.45) is 29.4 Å². The predicted molar refractivity (Wildman–Crippen MR) is 109 cm³/mol. The van der Waals surface area contributed by atoms with Crippen molar-refractivity contribution in [1.29, 1.82) is 0 Å². The minimum absolute atomic E-state index is 0.0463. The van der Waals surface area contributed by atoms with Gasteiger partial charge in [-0.15, -0.1) is 0 Å². The second-order valence-corrected chi connectivity index (χ2v) is 9.09. The number of nitrogens with one attached hydrogen (secondary N) is 1. The third kappa shape index (κ3) is 2.89. The van der Waals surface area contributed by atoms with Crippen molar-refractivity contribution >= 4 is 40.6 Å². The van der Waals surface area contributed by atoms with Crippen molar-refractivity contribution in [3.05, 3.63) is 23.3 Å². The molecule has 1 aromatic carbocycles. The maximum atomic E-state index is 13.5. The van der Waals surface area contributed by atoms with Crippen LogP contribution in [0.15, 0.2) is 12.1 Å². The second-order valence-electron chi connectivity index (χ2n) is 9.09. The summed E-state index contributed by atoms with van der Waals surface area (Å²) in [6.45, 7) is 2.50. The van der Waals surface area contributed by atoms with E-state index in [0.29, 0.717) is 0 Å². The molecule has 2 fully saturated rings. The number of hydrogen-bond donors (Lipinski definition) is 5. The molecule has 3 aliphatic carbocycles. The number of anilines is 1. The minimum atomic E-state index is -2.82. The van der Waals surface area contributed by atoms with Gasteiger partial charge in [-0.25, -0.2) is 0 Å². The molecule has 6 atom stereocenters. The van der Waals surface area contributed by atoms with E-state index in [1.54, 1.807) is 0 Å². The summed E-state index contributed by atoms with van der Waals surface area (Å²) in [5.41, 5.74) is -0.138. The molecule has 0 spiro atoms. The highest BCUT2D eigenvalue weighted by Gasteiger charge is 2.68. The number of carbonyl (C=O) groups is 6. The monoisotopic (exact) mass is 458 g/mol. The van der Waals surface area contributed by atoms with Crippen LogP contribution in [0.2, 0.25) is 0 Å². The molecule has 2 amide bonds. The van der Waals surface area contributed by atoms with Crippen LogP contribution in [0.25, 0.3) is 0 Å². The number of rotatable bonds is 2. The number of phenolic OH excluding ortho intramolecular Hbond substituents is 1. The average Bonchev–Trinajstić information content (AvgIpc) is 2.69. The minimum Gasteiger partial charge on any atom is -0.507 e. The molecular formula is C22H22N2O9. The highest BCUT2D eigenvalue weighted by Crippen LogP contribution is 2.56. The number of carbonyl (C=O) groups excluding carboxylic acids is 6. The molecule has 0 radical (unpaired) electrons. The van der Waals surface area contributed by atoms with Gasteiger partial charge >= 0.3 is 0 Å². The van der Waals surface area contributed by atoms with Crippen molar-refractivity contribution < 1.29 is 44.1 Å². The number of nitrogens with two attached hydrogens (primary N) is 1. The van der Waals surface area contributed by atoms with Crippen molar-refractivity contribution in [1.82, 2.24) is 0 Å². The van der Waals surface area contributed by atoms with Gasteiger partial charge < -0.3 is 26.4 Å². The van der Waals surface area contributed by atoms with Gasteiger partial charge in [-0.2, -0.15) is 0 Å². The van der Waals surface area contributed by atoms with Crippen LogP contribution in [0.4, 0.5) is 5.69 Å². The lowest BCUT2D eigenvalue weighted by atomic mass is 9.51. The van der Waals surface area contributed by atoms with E-state index in [9.17, 15) is 44.1 Å². The van der Waals surface area contributed by atoms with Crippen molar-refractivity contribution in [3.8, 4) is 5.75 Å². The molecule has 0 saturated heterocycles. The van der Waals surface area contributed by atoms with Crippen molar-refractivity contribution in [2.75, 3.05) is 5.32 Å². The summed E-state index contributed by atoms with van der Waals surface area (Å²) in [6, 6.07) is 2.40. The molecule has 2 saturated carbocycles. The maximum Gasteiger partial charge on any atom is 0.235 e. The first-order valence-corrected chi connectivity index (χ1v) is 10.3. The molecule has 1 aromatic rings. The largest absolute Gasteiger partial charge is 0.507 e. The number of aromatic hydroxyl groups is 1. The predicted octanol–water partition coefficient (Wildman–Crippen LogP) is -1.05. The van der Waals surface area contributed by atoms with Gasteiger partial charge in [0.05, 0.1) is 17.1 Å². The fourth-order valence-corrected chi connectivity index (χ4v) is 5.66. The average molecular weight is 458 g/mol. The van der Waals surface area contributed by atoms with E-state index in [1.807, 2.05) is 0 Å². The summed E-state index contributed by atoms with van der Waals surface area (Å²) in [7, 11) is 0. The first-order valence-electron chi connectivity index (χ1n) is 10.3. The lowest BCUT2D eigenvalue weighted by molar-refractivity contribution is -0.182. The molecule has 3 aliphatic rings. The van der Waals surface area contributed by atoms with E-state index in [-0.39, 0.29) is 17.7 Å². The van der Waals surface area contributed by atoms with E-state index >= 15 is 0 Å². The number of phenols is 1. The highest BCUT2D eigenvalue weighted by molar-refractivity contribution is 6.31. The fourth-order valence-electron chi connectivity index (χ4n) is 5.66. The summed E-state index contributed by atoms with van der Waals surface area (Å²) in [6.07, 6.45) is -0.816. The first-order chi connectivity index (χ1) is 15.2. The lowest BCUT2D eigenvalue weighted by Gasteiger charge is -2.52. The van der Waals surface area contributed by atoms with Gasteiger partial charge in [0, 0.05) is 36.4 Å². The van der Waals surface area contributed by atoms with E-state index in [2.05, 4.69) is 5.32 Å². The van der Waals surface area contributed by atoms with E-state index in [1.165, 1.54) is 19.9 Å². The second kappa shape index (κ2) is 7.03. The van der Waals surface area contributed by atoms with Gasteiger partial charge in [0.15, 0.2) is 34.7 Å². The number of hydrogen-bond acceptors (Lipinski definition) is 9. The summed E-state index contributed by atoms with van der Waals surface area (Å²) < 4.78 is 0. The van der Waals surface area contributed by atoms with Crippen LogP contribution in [-0.4, -0.2) is 55.9 Å². The van der Waals surface area contributed by atoms with E-state index in [4.69, 9.17) is 5.73 Å². The van der Waals surface area contributed by atoms with Crippen LogP contribution in [-0.2, 0) is 29.6 Å². The topological polar surface area (TPSA) is 201 Å². The third-order valence-corrected chi connectivity index (χ3v) is 7.13. The molecule has 0 bridgehead atoms. The van der Waals surface area contributed by atoms with E-state index in [0.717, 1.165) is 6.07 Å². The summed E-state index contributed by atoms with van der Waals surface area (Å²) in [4.78, 5) is 75.5. The molecule has 2 unspecified atom stereocenters. The summed E-state index contributed by atoms with van der Waals surface area (Å²) in [5, 5.41) is 35.6. The smallest absolute Gasteiger partial charge is 0.235 e.